The number of carbonyl (C=O) groups is 1. The van der Waals surface area contributed by atoms with E-state index in [2.05, 4.69) is 10.3 Å². The van der Waals surface area contributed by atoms with Crippen molar-refractivity contribution in [2.24, 2.45) is 0 Å². The summed E-state index contributed by atoms with van der Waals surface area (Å²) in [6.07, 6.45) is 2.34. The molecule has 0 bridgehead atoms. The van der Waals surface area contributed by atoms with Crippen LogP contribution in [0.3, 0.4) is 0 Å². The van der Waals surface area contributed by atoms with E-state index in [-0.39, 0.29) is 17.5 Å². The average Bonchev–Trinajstić information content (AvgIpc) is 2.89. The molecular weight excluding hydrogens is 446 g/mol. The van der Waals surface area contributed by atoms with E-state index in [1.165, 1.54) is 24.3 Å². The molecule has 0 saturated heterocycles. The van der Waals surface area contributed by atoms with E-state index in [1.807, 2.05) is 18.2 Å². The molecule has 0 fully saturated rings. The Kier molecular flexibility index (Phi) is 6.22. The third-order valence-corrected chi connectivity index (χ3v) is 5.55. The van der Waals surface area contributed by atoms with E-state index in [1.54, 1.807) is 48.7 Å². The van der Waals surface area contributed by atoms with Crippen molar-refractivity contribution in [1.29, 1.82) is 0 Å². The molecule has 0 radical (unpaired) electrons. The van der Waals surface area contributed by atoms with Gasteiger partial charge < -0.3 is 5.32 Å². The number of fused-ring (bicyclic) bond motifs is 1. The largest absolute Gasteiger partial charge is 0.352 e. The highest BCUT2D eigenvalue weighted by molar-refractivity contribution is 5.98. The van der Waals surface area contributed by atoms with E-state index in [4.69, 9.17) is 9.97 Å². The van der Waals surface area contributed by atoms with Crippen molar-refractivity contribution in [2.75, 3.05) is 6.54 Å². The first-order valence-electron chi connectivity index (χ1n) is 11.1. The molecule has 0 spiro atoms. The average molecular weight is 466 g/mol. The molecule has 7 heteroatoms. The normalized spacial score (nSPS) is 10.9. The quantitative estimate of drug-likeness (QED) is 0.353. The molecule has 2 aromatic heterocycles. The summed E-state index contributed by atoms with van der Waals surface area (Å²) >= 11 is 0. The number of aromatic nitrogens is 3. The lowest BCUT2D eigenvalue weighted by molar-refractivity contribution is 0.0954. The van der Waals surface area contributed by atoms with Crippen LogP contribution in [-0.4, -0.2) is 27.4 Å². The summed E-state index contributed by atoms with van der Waals surface area (Å²) in [7, 11) is 0. The maximum absolute atomic E-state index is 13.5. The van der Waals surface area contributed by atoms with Crippen LogP contribution in [0.25, 0.3) is 33.5 Å². The number of hydrogen-bond donors (Lipinski definition) is 1. The smallest absolute Gasteiger partial charge is 0.251 e. The van der Waals surface area contributed by atoms with Gasteiger partial charge in [-0.2, -0.15) is 0 Å². The number of carbonyl (C=O) groups excluding carboxylic acids is 1. The standard InChI is InChI=1S/C28H20F2N4O/c29-21-9-4-18(5-10-21)26-27(19-6-11-22(30)12-7-19)34-25-17-20(8-13-24(25)33-26)28(35)32-16-14-23-3-1-2-15-31-23/h1-13,15,17H,14,16H2,(H,32,35). The fraction of sp³-hybridized carbons (Fsp3) is 0.0714. The molecule has 5 aromatic rings. The molecule has 0 aliphatic rings. The third kappa shape index (κ3) is 5.04. The lowest BCUT2D eigenvalue weighted by Crippen LogP contribution is -2.25. The van der Waals surface area contributed by atoms with Crippen LogP contribution in [0.2, 0.25) is 0 Å². The molecule has 5 rings (SSSR count). The molecule has 1 N–H and O–H groups in total. The SMILES string of the molecule is O=C(NCCc1ccccn1)c1ccc2nc(-c3ccc(F)cc3)c(-c3ccc(F)cc3)nc2c1. The van der Waals surface area contributed by atoms with Crippen molar-refractivity contribution in [1.82, 2.24) is 20.3 Å². The Morgan fingerprint density at radius 3 is 1.97 bits per heavy atom. The van der Waals surface area contributed by atoms with Crippen molar-refractivity contribution < 1.29 is 13.6 Å². The first-order valence-corrected chi connectivity index (χ1v) is 11.1. The summed E-state index contributed by atoms with van der Waals surface area (Å²) in [6.45, 7) is 0.448. The number of nitrogens with zero attached hydrogens (tertiary/aromatic N) is 3. The summed E-state index contributed by atoms with van der Waals surface area (Å²) < 4.78 is 27.1. The molecule has 0 atom stereocenters. The minimum absolute atomic E-state index is 0.226. The Hall–Kier alpha value is -4.52. The van der Waals surface area contributed by atoms with Gasteiger partial charge in [-0.3, -0.25) is 9.78 Å². The summed E-state index contributed by atoms with van der Waals surface area (Å²) in [5.74, 6) is -0.949. The van der Waals surface area contributed by atoms with Crippen LogP contribution >= 0.6 is 0 Å². The van der Waals surface area contributed by atoms with E-state index in [0.717, 1.165) is 5.69 Å². The second kappa shape index (κ2) is 9.77. The fourth-order valence-corrected chi connectivity index (χ4v) is 3.77. The molecule has 35 heavy (non-hydrogen) atoms. The van der Waals surface area contributed by atoms with Crippen LogP contribution in [0.5, 0.6) is 0 Å². The van der Waals surface area contributed by atoms with E-state index >= 15 is 0 Å². The summed E-state index contributed by atoms with van der Waals surface area (Å²) in [4.78, 5) is 26.5. The first-order chi connectivity index (χ1) is 17.1. The molecule has 1 amide bonds. The van der Waals surface area contributed by atoms with Gasteiger partial charge in [-0.1, -0.05) is 6.07 Å². The zero-order valence-electron chi connectivity index (χ0n) is 18.6. The zero-order chi connectivity index (χ0) is 24.2. The lowest BCUT2D eigenvalue weighted by Gasteiger charge is -2.12. The van der Waals surface area contributed by atoms with Gasteiger partial charge in [0.2, 0.25) is 0 Å². The van der Waals surface area contributed by atoms with Crippen LogP contribution < -0.4 is 5.32 Å². The first kappa shape index (κ1) is 22.3. The van der Waals surface area contributed by atoms with Gasteiger partial charge in [0.05, 0.1) is 22.4 Å². The minimum Gasteiger partial charge on any atom is -0.352 e. The van der Waals surface area contributed by atoms with Crippen molar-refractivity contribution in [3.63, 3.8) is 0 Å². The number of hydrogen-bond acceptors (Lipinski definition) is 4. The molecule has 5 nitrogen and oxygen atoms in total. The summed E-state index contributed by atoms with van der Waals surface area (Å²) in [6, 6.07) is 22.7. The Labute approximate surface area is 200 Å². The Morgan fingerprint density at radius 2 is 1.37 bits per heavy atom. The second-order valence-corrected chi connectivity index (χ2v) is 7.97. The number of amides is 1. The molecular formula is C28H20F2N4O. The minimum atomic E-state index is -0.365. The van der Waals surface area contributed by atoms with Crippen LogP contribution in [0, 0.1) is 11.6 Å². The molecule has 0 unspecified atom stereocenters. The maximum atomic E-state index is 13.5. The van der Waals surface area contributed by atoms with Gasteiger partial charge >= 0.3 is 0 Å². The molecule has 3 aromatic carbocycles. The molecule has 0 aliphatic carbocycles. The number of nitrogens with one attached hydrogen (secondary N) is 1. The molecule has 0 saturated carbocycles. The highest BCUT2D eigenvalue weighted by Gasteiger charge is 2.15. The van der Waals surface area contributed by atoms with E-state index in [9.17, 15) is 13.6 Å². The summed E-state index contributed by atoms with van der Waals surface area (Å²) in [5, 5.41) is 2.90. The highest BCUT2D eigenvalue weighted by atomic mass is 19.1. The van der Waals surface area contributed by atoms with Crippen LogP contribution in [0.1, 0.15) is 16.1 Å². The van der Waals surface area contributed by atoms with E-state index in [0.29, 0.717) is 52.1 Å². The number of pyridine rings is 1. The van der Waals surface area contributed by atoms with Crippen molar-refractivity contribution in [2.45, 2.75) is 6.42 Å². The Bertz CT molecular complexity index is 1490. The van der Waals surface area contributed by atoms with Crippen LogP contribution in [-0.2, 0) is 6.42 Å². The van der Waals surface area contributed by atoms with Crippen LogP contribution in [0.4, 0.5) is 8.78 Å². The fourth-order valence-electron chi connectivity index (χ4n) is 3.77. The topological polar surface area (TPSA) is 67.8 Å². The predicted molar refractivity (Wildman–Crippen MR) is 131 cm³/mol. The maximum Gasteiger partial charge on any atom is 0.251 e. The highest BCUT2D eigenvalue weighted by Crippen LogP contribution is 2.31. The van der Waals surface area contributed by atoms with Gasteiger partial charge in [0.15, 0.2) is 0 Å². The van der Waals surface area contributed by atoms with Gasteiger partial charge in [0.1, 0.15) is 11.6 Å². The molecule has 172 valence electrons. The second-order valence-electron chi connectivity index (χ2n) is 7.97. The monoisotopic (exact) mass is 466 g/mol. The van der Waals surface area contributed by atoms with Crippen molar-refractivity contribution in [3.05, 3.63) is 114 Å². The Balaban J connectivity index is 1.49. The van der Waals surface area contributed by atoms with Gasteiger partial charge in [-0.15, -0.1) is 0 Å². The van der Waals surface area contributed by atoms with Gasteiger partial charge in [0.25, 0.3) is 5.91 Å². The number of halogens is 2. The van der Waals surface area contributed by atoms with Crippen LogP contribution in [0.15, 0.2) is 91.1 Å². The third-order valence-electron chi connectivity index (χ3n) is 5.55. The van der Waals surface area contributed by atoms with Gasteiger partial charge in [-0.05, 0) is 78.9 Å². The summed E-state index contributed by atoms with van der Waals surface area (Å²) in [5.41, 5.74) is 4.84. The van der Waals surface area contributed by atoms with Gasteiger partial charge in [-0.25, -0.2) is 18.7 Å². The van der Waals surface area contributed by atoms with Crippen molar-refractivity contribution >= 4 is 16.9 Å². The Morgan fingerprint density at radius 1 is 0.743 bits per heavy atom. The zero-order valence-corrected chi connectivity index (χ0v) is 18.6. The predicted octanol–water partition coefficient (Wildman–Crippen LogP) is 5.61. The van der Waals surface area contributed by atoms with E-state index < -0.39 is 0 Å². The number of benzene rings is 3. The van der Waals surface area contributed by atoms with Gasteiger partial charge in [0, 0.05) is 41.5 Å². The number of rotatable bonds is 6. The lowest BCUT2D eigenvalue weighted by atomic mass is 10.0. The molecule has 2 heterocycles. The van der Waals surface area contributed by atoms with Crippen molar-refractivity contribution in [3.8, 4) is 22.5 Å². The molecule has 0 aliphatic heterocycles.